The maximum atomic E-state index is 13.1. The zero-order valence-electron chi connectivity index (χ0n) is 12.8. The van der Waals surface area contributed by atoms with Gasteiger partial charge in [-0.05, 0) is 36.9 Å². The summed E-state index contributed by atoms with van der Waals surface area (Å²) in [7, 11) is 1.70. The van der Waals surface area contributed by atoms with E-state index in [1.54, 1.807) is 24.1 Å². The number of likely N-dealkylation sites (N-methyl/N-ethyl adjacent to an activating group) is 1. The van der Waals surface area contributed by atoms with Crippen molar-refractivity contribution in [3.63, 3.8) is 0 Å². The summed E-state index contributed by atoms with van der Waals surface area (Å²) >= 11 is 5.73. The average molecular weight is 352 g/mol. The number of halogens is 2. The lowest BCUT2D eigenvalue weighted by atomic mass is 10.2. The van der Waals surface area contributed by atoms with Crippen molar-refractivity contribution in [1.29, 1.82) is 0 Å². The molecule has 0 aliphatic carbocycles. The molecule has 0 spiro atoms. The van der Waals surface area contributed by atoms with E-state index in [9.17, 15) is 19.3 Å². The number of amides is 1. The Bertz CT molecular complexity index is 770. The molecule has 2 aromatic rings. The van der Waals surface area contributed by atoms with Crippen LogP contribution in [0.4, 0.5) is 15.8 Å². The first kappa shape index (κ1) is 17.8. The first-order chi connectivity index (χ1) is 11.3. The van der Waals surface area contributed by atoms with Crippen LogP contribution in [0.2, 0.25) is 5.02 Å². The number of carbonyl (C=O) groups is 1. The van der Waals surface area contributed by atoms with Crippen LogP contribution in [0.15, 0.2) is 42.5 Å². The van der Waals surface area contributed by atoms with Crippen molar-refractivity contribution in [2.75, 3.05) is 18.9 Å². The molecule has 1 amide bonds. The number of nitro groups is 1. The normalized spacial score (nSPS) is 10.7. The van der Waals surface area contributed by atoms with E-state index in [0.29, 0.717) is 6.54 Å². The van der Waals surface area contributed by atoms with Gasteiger partial charge in [0.2, 0.25) is 5.91 Å². The standard InChI is InChI=1S/C16H15ClFN3O3/c1-20(9-11-3-2-4-13(18)7-11)10-16(22)19-14-6-5-12(17)8-15(14)21(23)24/h2-8H,9-10H2,1H3,(H,19,22). The lowest BCUT2D eigenvalue weighted by molar-refractivity contribution is -0.383. The maximum absolute atomic E-state index is 13.1. The van der Waals surface area contributed by atoms with Crippen molar-refractivity contribution in [3.8, 4) is 0 Å². The molecule has 0 unspecified atom stereocenters. The Balaban J connectivity index is 1.99. The fourth-order valence-corrected chi connectivity index (χ4v) is 2.37. The third kappa shape index (κ3) is 5.00. The lowest BCUT2D eigenvalue weighted by Gasteiger charge is -2.16. The van der Waals surface area contributed by atoms with Crippen LogP contribution < -0.4 is 5.32 Å². The molecule has 0 radical (unpaired) electrons. The largest absolute Gasteiger partial charge is 0.319 e. The minimum atomic E-state index is -0.613. The summed E-state index contributed by atoms with van der Waals surface area (Å²) in [6.07, 6.45) is 0. The molecule has 0 atom stereocenters. The predicted molar refractivity (Wildman–Crippen MR) is 89.5 cm³/mol. The Morgan fingerprint density at radius 1 is 1.33 bits per heavy atom. The molecule has 1 N–H and O–H groups in total. The number of anilines is 1. The Morgan fingerprint density at radius 3 is 2.75 bits per heavy atom. The SMILES string of the molecule is CN(CC(=O)Nc1ccc(Cl)cc1[N+](=O)[O-])Cc1cccc(F)c1. The van der Waals surface area contributed by atoms with Crippen molar-refractivity contribution >= 4 is 28.9 Å². The van der Waals surface area contributed by atoms with E-state index in [-0.39, 0.29) is 28.8 Å². The minimum absolute atomic E-state index is 0.00368. The van der Waals surface area contributed by atoms with Crippen molar-refractivity contribution < 1.29 is 14.1 Å². The lowest BCUT2D eigenvalue weighted by Crippen LogP contribution is -2.30. The number of carbonyl (C=O) groups excluding carboxylic acids is 1. The highest BCUT2D eigenvalue weighted by Gasteiger charge is 2.17. The van der Waals surface area contributed by atoms with Crippen LogP contribution in [0.3, 0.4) is 0 Å². The van der Waals surface area contributed by atoms with Gasteiger partial charge in [-0.1, -0.05) is 23.7 Å². The fourth-order valence-electron chi connectivity index (χ4n) is 2.20. The Labute approximate surface area is 143 Å². The first-order valence-electron chi connectivity index (χ1n) is 7.02. The van der Waals surface area contributed by atoms with Gasteiger partial charge in [0, 0.05) is 17.6 Å². The highest BCUT2D eigenvalue weighted by atomic mass is 35.5. The van der Waals surface area contributed by atoms with Crippen molar-refractivity contribution in [3.05, 3.63) is 69.0 Å². The molecule has 6 nitrogen and oxygen atoms in total. The highest BCUT2D eigenvalue weighted by Crippen LogP contribution is 2.27. The second-order valence-electron chi connectivity index (χ2n) is 5.27. The molecule has 0 heterocycles. The topological polar surface area (TPSA) is 75.5 Å². The molecule has 2 aromatic carbocycles. The third-order valence-corrected chi connectivity index (χ3v) is 3.42. The summed E-state index contributed by atoms with van der Waals surface area (Å²) in [5, 5.41) is 13.7. The van der Waals surface area contributed by atoms with Crippen LogP contribution in [0.5, 0.6) is 0 Å². The van der Waals surface area contributed by atoms with Gasteiger partial charge in [0.15, 0.2) is 0 Å². The number of rotatable bonds is 6. The zero-order valence-corrected chi connectivity index (χ0v) is 13.6. The summed E-state index contributed by atoms with van der Waals surface area (Å²) in [6, 6.07) is 10.1. The molecule has 0 aromatic heterocycles. The molecule has 126 valence electrons. The van der Waals surface area contributed by atoms with E-state index in [2.05, 4.69) is 5.32 Å². The van der Waals surface area contributed by atoms with Crippen LogP contribution in [0, 0.1) is 15.9 Å². The van der Waals surface area contributed by atoms with Gasteiger partial charge < -0.3 is 5.32 Å². The summed E-state index contributed by atoms with van der Waals surface area (Å²) in [6.45, 7) is 0.365. The molecule has 2 rings (SSSR count). The van der Waals surface area contributed by atoms with Gasteiger partial charge in [-0.25, -0.2) is 4.39 Å². The van der Waals surface area contributed by atoms with Crippen LogP contribution in [-0.2, 0) is 11.3 Å². The molecule has 0 saturated heterocycles. The number of nitro benzene ring substituents is 1. The van der Waals surface area contributed by atoms with E-state index >= 15 is 0 Å². The van der Waals surface area contributed by atoms with E-state index in [1.807, 2.05) is 0 Å². The van der Waals surface area contributed by atoms with Gasteiger partial charge in [-0.3, -0.25) is 19.8 Å². The number of benzene rings is 2. The molecule has 8 heteroatoms. The van der Waals surface area contributed by atoms with E-state index in [0.717, 1.165) is 5.56 Å². The van der Waals surface area contributed by atoms with Gasteiger partial charge >= 0.3 is 0 Å². The first-order valence-corrected chi connectivity index (χ1v) is 7.39. The molecule has 0 saturated carbocycles. The van der Waals surface area contributed by atoms with E-state index in [4.69, 9.17) is 11.6 Å². The quantitative estimate of drug-likeness (QED) is 0.638. The molecular formula is C16H15ClFN3O3. The Morgan fingerprint density at radius 2 is 2.08 bits per heavy atom. The summed E-state index contributed by atoms with van der Waals surface area (Å²) < 4.78 is 13.1. The minimum Gasteiger partial charge on any atom is -0.319 e. The zero-order chi connectivity index (χ0) is 17.7. The highest BCUT2D eigenvalue weighted by molar-refractivity contribution is 6.31. The molecular weight excluding hydrogens is 337 g/mol. The van der Waals surface area contributed by atoms with Gasteiger partial charge in [0.05, 0.1) is 11.5 Å². The second kappa shape index (κ2) is 7.85. The van der Waals surface area contributed by atoms with Crippen molar-refractivity contribution in [2.45, 2.75) is 6.54 Å². The summed E-state index contributed by atoms with van der Waals surface area (Å²) in [4.78, 5) is 24.1. The Kier molecular flexibility index (Phi) is 5.83. The van der Waals surface area contributed by atoms with Gasteiger partial charge in [0.1, 0.15) is 11.5 Å². The molecule has 0 fully saturated rings. The number of nitrogens with zero attached hydrogens (tertiary/aromatic N) is 2. The maximum Gasteiger partial charge on any atom is 0.294 e. The smallest absolute Gasteiger partial charge is 0.294 e. The number of hydrogen-bond acceptors (Lipinski definition) is 4. The molecule has 0 bridgehead atoms. The second-order valence-corrected chi connectivity index (χ2v) is 5.71. The monoisotopic (exact) mass is 351 g/mol. The molecule has 24 heavy (non-hydrogen) atoms. The average Bonchev–Trinajstić information content (AvgIpc) is 2.48. The summed E-state index contributed by atoms with van der Waals surface area (Å²) in [5.74, 6) is -0.763. The van der Waals surface area contributed by atoms with Gasteiger partial charge in [0.25, 0.3) is 5.69 Å². The van der Waals surface area contributed by atoms with Gasteiger partial charge in [-0.2, -0.15) is 0 Å². The van der Waals surface area contributed by atoms with E-state index < -0.39 is 10.8 Å². The van der Waals surface area contributed by atoms with Crippen LogP contribution >= 0.6 is 11.6 Å². The van der Waals surface area contributed by atoms with E-state index in [1.165, 1.54) is 30.3 Å². The Hall–Kier alpha value is -2.51. The van der Waals surface area contributed by atoms with Crippen LogP contribution in [0.25, 0.3) is 0 Å². The number of hydrogen-bond donors (Lipinski definition) is 1. The number of nitrogens with one attached hydrogen (secondary N) is 1. The van der Waals surface area contributed by atoms with Crippen molar-refractivity contribution in [1.82, 2.24) is 4.90 Å². The third-order valence-electron chi connectivity index (χ3n) is 3.19. The fraction of sp³-hybridized carbons (Fsp3) is 0.188. The molecule has 0 aliphatic heterocycles. The van der Waals surface area contributed by atoms with Crippen LogP contribution in [0.1, 0.15) is 5.56 Å². The van der Waals surface area contributed by atoms with Crippen LogP contribution in [-0.4, -0.2) is 29.3 Å². The summed E-state index contributed by atoms with van der Waals surface area (Å²) in [5.41, 5.74) is 0.528. The molecule has 0 aliphatic rings. The predicted octanol–water partition coefficient (Wildman–Crippen LogP) is 3.46. The van der Waals surface area contributed by atoms with Crippen molar-refractivity contribution in [2.24, 2.45) is 0 Å². The van der Waals surface area contributed by atoms with Gasteiger partial charge in [-0.15, -0.1) is 0 Å².